The summed E-state index contributed by atoms with van der Waals surface area (Å²) in [7, 11) is -5.00. The van der Waals surface area contributed by atoms with Crippen LogP contribution in [0.5, 0.6) is 0 Å². The van der Waals surface area contributed by atoms with Crippen molar-refractivity contribution < 1.29 is 50.7 Å². The number of hydrogen-bond donors (Lipinski definition) is 4. The number of nitrogens with two attached hydrogens (primary N) is 2. The van der Waals surface area contributed by atoms with Gasteiger partial charge < -0.3 is 50.7 Å². The molecule has 4 saturated carbocycles. The van der Waals surface area contributed by atoms with Crippen LogP contribution in [0.15, 0.2) is 0 Å². The van der Waals surface area contributed by atoms with E-state index < -0.39 is 27.1 Å². The molecule has 0 aromatic rings. The highest BCUT2D eigenvalue weighted by atomic mass is 31.2. The van der Waals surface area contributed by atoms with Crippen LogP contribution in [-0.2, 0) is 9.09 Å². The van der Waals surface area contributed by atoms with Crippen LogP contribution >= 0.6 is 7.82 Å². The van der Waals surface area contributed by atoms with E-state index in [2.05, 4.69) is 15.2 Å². The Kier molecular flexibility index (Phi) is 22.5. The van der Waals surface area contributed by atoms with Crippen molar-refractivity contribution >= 4 is 7.82 Å². The van der Waals surface area contributed by atoms with Gasteiger partial charge in [-0.2, -0.15) is 0 Å². The molecule has 11 heteroatoms. The van der Waals surface area contributed by atoms with Gasteiger partial charge in [-0.1, -0.05) is 25.7 Å². The summed E-state index contributed by atoms with van der Waals surface area (Å²) in [6.07, 6.45) is 28.6. The summed E-state index contributed by atoms with van der Waals surface area (Å²) in [5.74, 6) is 0. The second-order valence-electron chi connectivity index (χ2n) is 11.6. The minimum atomic E-state index is -5.00. The van der Waals surface area contributed by atoms with Gasteiger partial charge in [0.15, 0.2) is 0 Å². The summed E-state index contributed by atoms with van der Waals surface area (Å²) in [5, 5.41) is 22.0. The van der Waals surface area contributed by atoms with E-state index in [1.54, 1.807) is 0 Å². The molecule has 1 atom stereocenters. The highest BCUT2D eigenvalue weighted by molar-refractivity contribution is 7.43. The average molecular weight is 571 g/mol. The van der Waals surface area contributed by atoms with Crippen LogP contribution in [0.4, 0.5) is 0 Å². The Morgan fingerprint density at radius 3 is 1.11 bits per heavy atom. The van der Waals surface area contributed by atoms with Gasteiger partial charge in [0, 0.05) is 0 Å². The van der Waals surface area contributed by atoms with E-state index in [4.69, 9.17) is 10.2 Å². The van der Waals surface area contributed by atoms with Crippen molar-refractivity contribution in [3.05, 3.63) is 0 Å². The molecule has 10 nitrogen and oxygen atoms in total. The third kappa shape index (κ3) is 19.0. The Morgan fingerprint density at radius 1 is 0.632 bits per heavy atom. The largest absolute Gasteiger partial charge is 0.790 e. The third-order valence-electron chi connectivity index (χ3n) is 8.32. The summed E-state index contributed by atoms with van der Waals surface area (Å²) in [6.45, 7) is -1.33. The highest BCUT2D eigenvalue weighted by Crippen LogP contribution is 2.24. The lowest BCUT2D eigenvalue weighted by molar-refractivity contribution is -0.726. The normalized spacial score (nSPS) is 22.9. The molecule has 0 spiro atoms. The third-order valence-corrected chi connectivity index (χ3v) is 8.79. The molecule has 0 aromatic heterocycles. The molecule has 0 heterocycles. The minimum Gasteiger partial charge on any atom is -0.790 e. The van der Waals surface area contributed by atoms with Gasteiger partial charge in [0.1, 0.15) is 6.10 Å². The first-order chi connectivity index (χ1) is 17.4. The van der Waals surface area contributed by atoms with Crippen LogP contribution in [0.3, 0.4) is 0 Å². The monoisotopic (exact) mass is 570 g/mol. The quantitative estimate of drug-likeness (QED) is 0.294. The Bertz CT molecular complexity index is 507. The van der Waals surface area contributed by atoms with Gasteiger partial charge >= 0.3 is 0 Å². The first-order valence-electron chi connectivity index (χ1n) is 15.0. The molecule has 1 unspecified atom stereocenters. The Labute approximate surface area is 230 Å². The molecule has 38 heavy (non-hydrogen) atoms. The number of phosphoric ester groups is 1. The van der Waals surface area contributed by atoms with E-state index >= 15 is 0 Å². The zero-order chi connectivity index (χ0) is 26.1. The maximum absolute atomic E-state index is 9.71. The zero-order valence-electron chi connectivity index (χ0n) is 23.6. The van der Waals surface area contributed by atoms with Crippen molar-refractivity contribution in [3.8, 4) is 0 Å². The molecule has 0 amide bonds. The fourth-order valence-electron chi connectivity index (χ4n) is 6.31. The van der Waals surface area contributed by atoms with Crippen molar-refractivity contribution in [3.63, 3.8) is 0 Å². The number of rotatable bonds is 8. The molecule has 230 valence electrons. The maximum atomic E-state index is 9.71. The lowest BCUT2D eigenvalue weighted by Gasteiger charge is -2.29. The molecule has 0 radical (unpaired) electrons. The van der Waals surface area contributed by atoms with E-state index in [1.165, 1.54) is 128 Å². The molecule has 4 aliphatic rings. The fraction of sp³-hybridized carbons (Fsp3) is 1.00. The van der Waals surface area contributed by atoms with E-state index in [0.29, 0.717) is 0 Å². The molecule has 4 fully saturated rings. The molecule has 0 aliphatic heterocycles. The topological polar surface area (TPSA) is 209 Å². The van der Waals surface area contributed by atoms with Crippen LogP contribution in [0.1, 0.15) is 128 Å². The Hall–Kier alpha value is -0.130. The molecule has 0 aromatic carbocycles. The highest BCUT2D eigenvalue weighted by Gasteiger charge is 2.23. The van der Waals surface area contributed by atoms with Crippen molar-refractivity contribution in [1.82, 2.24) is 0 Å². The van der Waals surface area contributed by atoms with E-state index in [0.717, 1.165) is 24.2 Å². The van der Waals surface area contributed by atoms with Gasteiger partial charge in [-0.25, -0.2) is 0 Å². The van der Waals surface area contributed by atoms with Crippen molar-refractivity contribution in [2.45, 2.75) is 159 Å². The van der Waals surface area contributed by atoms with Crippen LogP contribution in [0.25, 0.3) is 0 Å². The molecular weight excluding hydrogens is 511 g/mol. The van der Waals surface area contributed by atoms with E-state index in [9.17, 15) is 14.4 Å². The van der Waals surface area contributed by atoms with Gasteiger partial charge in [0.2, 0.25) is 0 Å². The lowest BCUT2D eigenvalue weighted by atomic mass is 9.91. The van der Waals surface area contributed by atoms with E-state index in [1.807, 2.05) is 0 Å². The van der Waals surface area contributed by atoms with Gasteiger partial charge in [0.05, 0.1) is 45.2 Å². The Morgan fingerprint density at radius 2 is 0.895 bits per heavy atom. The second kappa shape index (κ2) is 22.5. The maximum Gasteiger partial charge on any atom is 0.101 e. The molecule has 10 N–H and O–H groups in total. The average Bonchev–Trinajstić information content (AvgIpc) is 2.90. The van der Waals surface area contributed by atoms with Gasteiger partial charge in [-0.15, -0.1) is 0 Å². The standard InChI is InChI=1S/2C12H23N.C3H9O6P.2H2O/c2*1-3-7-11(8-4-1)13-12-9-5-2-6-10-12;4-1-3(5)2-9-10(6,7)8;;/h2*11-13H,1-10H2;3-5H,1-2H2,(H2,6,7,8);2*1H2. The van der Waals surface area contributed by atoms with Crippen LogP contribution < -0.4 is 20.4 Å². The molecule has 4 aliphatic carbocycles. The SMILES string of the molecule is C1CCC([NH2+]C2CCCCC2)CC1.C1CCC([NH2+]C2CCCCC2)CC1.O.O.O=P([O-])([O-])OCC(O)CO. The van der Waals surface area contributed by atoms with Crippen molar-refractivity contribution in [2.24, 2.45) is 0 Å². The summed E-state index contributed by atoms with van der Waals surface area (Å²) >= 11 is 0. The predicted molar refractivity (Wildman–Crippen MR) is 145 cm³/mol. The van der Waals surface area contributed by atoms with Gasteiger partial charge in [-0.05, 0) is 103 Å². The van der Waals surface area contributed by atoms with Crippen LogP contribution in [0, 0.1) is 0 Å². The molecule has 4 rings (SSSR count). The van der Waals surface area contributed by atoms with Gasteiger partial charge in [-0.3, -0.25) is 0 Å². The number of aliphatic hydroxyl groups excluding tert-OH is 2. The van der Waals surface area contributed by atoms with Crippen molar-refractivity contribution in [1.29, 1.82) is 0 Å². The minimum absolute atomic E-state index is 0. The van der Waals surface area contributed by atoms with Gasteiger partial charge in [0.25, 0.3) is 0 Å². The number of phosphoric acid groups is 1. The summed E-state index contributed by atoms with van der Waals surface area (Å²) < 4.78 is 13.3. The first kappa shape index (κ1) is 37.9. The zero-order valence-corrected chi connectivity index (χ0v) is 24.5. The molecule has 0 saturated heterocycles. The van der Waals surface area contributed by atoms with Crippen LogP contribution in [-0.4, -0.2) is 64.7 Å². The summed E-state index contributed by atoms with van der Waals surface area (Å²) in [6, 6.07) is 3.99. The smallest absolute Gasteiger partial charge is 0.101 e. The second-order valence-corrected chi connectivity index (χ2v) is 12.7. The lowest BCUT2D eigenvalue weighted by Crippen LogP contribution is -2.95. The Balaban J connectivity index is 0.000000533. The van der Waals surface area contributed by atoms with Crippen molar-refractivity contribution in [2.75, 3.05) is 13.2 Å². The first-order valence-corrected chi connectivity index (χ1v) is 16.5. The summed E-state index contributed by atoms with van der Waals surface area (Å²) in [4.78, 5) is 19.4. The van der Waals surface area contributed by atoms with Crippen LogP contribution in [0.2, 0.25) is 0 Å². The number of quaternary nitrogens is 2. The molecule has 0 bridgehead atoms. The predicted octanol–water partition coefficient (Wildman–Crippen LogP) is -0.0341. The fourth-order valence-corrected chi connectivity index (χ4v) is 6.66. The summed E-state index contributed by atoms with van der Waals surface area (Å²) in [5.41, 5.74) is 0. The number of hydrogen-bond acceptors (Lipinski definition) is 6. The molecular formula is C27H59N2O8P. The van der Waals surface area contributed by atoms with E-state index in [-0.39, 0.29) is 11.0 Å². The number of aliphatic hydroxyl groups is 2.